The summed E-state index contributed by atoms with van der Waals surface area (Å²) < 4.78 is 10.8. The van der Waals surface area contributed by atoms with E-state index in [2.05, 4.69) is 9.97 Å². The Labute approximate surface area is 145 Å². The van der Waals surface area contributed by atoms with Gasteiger partial charge in [0.15, 0.2) is 0 Å². The van der Waals surface area contributed by atoms with Crippen LogP contribution in [0, 0.1) is 13.8 Å². The molecule has 0 saturated heterocycles. The van der Waals surface area contributed by atoms with Crippen molar-refractivity contribution in [1.29, 1.82) is 0 Å². The highest BCUT2D eigenvalue weighted by Crippen LogP contribution is 2.29. The first-order valence-corrected chi connectivity index (χ1v) is 7.97. The van der Waals surface area contributed by atoms with Gasteiger partial charge in [0.1, 0.15) is 29.3 Å². The molecule has 2 aromatic carbocycles. The van der Waals surface area contributed by atoms with Crippen molar-refractivity contribution in [1.82, 2.24) is 9.97 Å². The molecule has 0 aliphatic carbocycles. The molecule has 0 atom stereocenters. The number of benzene rings is 2. The number of ether oxygens (including phenoxy) is 2. The van der Waals surface area contributed by atoms with E-state index in [0.717, 1.165) is 22.4 Å². The van der Waals surface area contributed by atoms with Gasteiger partial charge in [-0.15, -0.1) is 0 Å². The quantitative estimate of drug-likeness (QED) is 0.746. The number of aromatic amines is 1. The molecule has 0 aliphatic heterocycles. The second-order valence-electron chi connectivity index (χ2n) is 5.78. The van der Waals surface area contributed by atoms with Crippen LogP contribution in [0.3, 0.4) is 0 Å². The van der Waals surface area contributed by atoms with E-state index in [1.165, 1.54) is 7.11 Å². The van der Waals surface area contributed by atoms with Gasteiger partial charge in [-0.3, -0.25) is 4.79 Å². The molecule has 25 heavy (non-hydrogen) atoms. The number of nitrogens with zero attached hydrogens (tertiary/aromatic N) is 1. The van der Waals surface area contributed by atoms with Gasteiger partial charge in [0.25, 0.3) is 5.56 Å². The van der Waals surface area contributed by atoms with Crippen molar-refractivity contribution in [3.05, 3.63) is 51.8 Å². The molecule has 0 amide bonds. The smallest absolute Gasteiger partial charge is 0.262 e. The van der Waals surface area contributed by atoms with Crippen molar-refractivity contribution in [2.75, 3.05) is 20.3 Å². The van der Waals surface area contributed by atoms with Crippen LogP contribution in [0.5, 0.6) is 11.5 Å². The topological polar surface area (TPSA) is 84.4 Å². The maximum atomic E-state index is 12.5. The fourth-order valence-corrected chi connectivity index (χ4v) is 2.93. The van der Waals surface area contributed by atoms with Crippen molar-refractivity contribution >= 4 is 10.9 Å². The highest BCUT2D eigenvalue weighted by molar-refractivity contribution is 5.85. The van der Waals surface area contributed by atoms with Crippen molar-refractivity contribution in [2.45, 2.75) is 13.8 Å². The summed E-state index contributed by atoms with van der Waals surface area (Å²) in [7, 11) is 1.53. The molecule has 1 aromatic heterocycles. The summed E-state index contributed by atoms with van der Waals surface area (Å²) in [6.45, 7) is 4.05. The van der Waals surface area contributed by atoms with Gasteiger partial charge in [-0.2, -0.15) is 0 Å². The van der Waals surface area contributed by atoms with E-state index < -0.39 is 0 Å². The first kappa shape index (κ1) is 17.0. The van der Waals surface area contributed by atoms with E-state index in [9.17, 15) is 4.79 Å². The number of rotatable bonds is 5. The third-order valence-electron chi connectivity index (χ3n) is 3.99. The fourth-order valence-electron chi connectivity index (χ4n) is 2.93. The van der Waals surface area contributed by atoms with Crippen LogP contribution < -0.4 is 15.0 Å². The van der Waals surface area contributed by atoms with E-state index in [1.54, 1.807) is 18.2 Å². The average Bonchev–Trinajstić information content (AvgIpc) is 2.60. The second-order valence-corrected chi connectivity index (χ2v) is 5.78. The van der Waals surface area contributed by atoms with E-state index in [4.69, 9.17) is 14.6 Å². The van der Waals surface area contributed by atoms with Gasteiger partial charge >= 0.3 is 0 Å². The summed E-state index contributed by atoms with van der Waals surface area (Å²) in [4.78, 5) is 19.9. The molecular weight excluding hydrogens is 320 g/mol. The van der Waals surface area contributed by atoms with Crippen LogP contribution in [0.4, 0.5) is 0 Å². The number of hydrogen-bond donors (Lipinski definition) is 2. The van der Waals surface area contributed by atoms with Gasteiger partial charge in [-0.1, -0.05) is 6.07 Å². The zero-order valence-corrected chi connectivity index (χ0v) is 14.4. The van der Waals surface area contributed by atoms with Crippen molar-refractivity contribution < 1.29 is 14.6 Å². The maximum Gasteiger partial charge on any atom is 0.262 e. The van der Waals surface area contributed by atoms with Gasteiger partial charge in [0.2, 0.25) is 0 Å². The normalized spacial score (nSPS) is 10.9. The summed E-state index contributed by atoms with van der Waals surface area (Å²) in [6.07, 6.45) is 0. The number of nitrogens with one attached hydrogen (secondary N) is 1. The minimum Gasteiger partial charge on any atom is -0.496 e. The third-order valence-corrected chi connectivity index (χ3v) is 3.99. The lowest BCUT2D eigenvalue weighted by atomic mass is 10.0. The van der Waals surface area contributed by atoms with Crippen LogP contribution in [0.1, 0.15) is 11.1 Å². The van der Waals surface area contributed by atoms with Crippen LogP contribution in [0.2, 0.25) is 0 Å². The number of aryl methyl sites for hydroxylation is 2. The molecule has 0 fully saturated rings. The van der Waals surface area contributed by atoms with Gasteiger partial charge in [0, 0.05) is 5.56 Å². The number of aromatic nitrogens is 2. The zero-order valence-electron chi connectivity index (χ0n) is 14.4. The molecule has 0 radical (unpaired) electrons. The van der Waals surface area contributed by atoms with Crippen LogP contribution in [-0.4, -0.2) is 35.4 Å². The molecule has 3 aromatic rings. The fraction of sp³-hybridized carbons (Fsp3) is 0.263. The Kier molecular flexibility index (Phi) is 4.72. The Morgan fingerprint density at radius 2 is 1.92 bits per heavy atom. The first-order valence-electron chi connectivity index (χ1n) is 7.97. The van der Waals surface area contributed by atoms with Gasteiger partial charge in [-0.05, 0) is 49.2 Å². The Balaban J connectivity index is 2.12. The predicted molar refractivity (Wildman–Crippen MR) is 96.4 cm³/mol. The van der Waals surface area contributed by atoms with Crippen LogP contribution in [0.25, 0.3) is 22.3 Å². The number of fused-ring (bicyclic) bond motifs is 1. The third kappa shape index (κ3) is 3.21. The Morgan fingerprint density at radius 1 is 1.20 bits per heavy atom. The molecule has 6 heteroatoms. The standard InChI is InChI=1S/C19H20N2O4/c1-11-9-13(10-12(2)17(11)25-8-7-22)18-20-14-5-4-6-15(24-3)16(14)19(23)21-18/h4-6,9-10,22H,7-8H2,1-3H3,(H,20,21,23). The Bertz CT molecular complexity index is 956. The molecule has 3 rings (SSSR count). The summed E-state index contributed by atoms with van der Waals surface area (Å²) in [5, 5.41) is 9.37. The zero-order chi connectivity index (χ0) is 18.0. The number of aliphatic hydroxyl groups excluding tert-OH is 1. The molecule has 2 N–H and O–H groups in total. The van der Waals surface area contributed by atoms with E-state index in [0.29, 0.717) is 22.5 Å². The second kappa shape index (κ2) is 6.94. The molecule has 0 unspecified atom stereocenters. The first-order chi connectivity index (χ1) is 12.0. The van der Waals surface area contributed by atoms with Crippen molar-refractivity contribution in [3.63, 3.8) is 0 Å². The molecule has 6 nitrogen and oxygen atoms in total. The number of aliphatic hydroxyl groups is 1. The number of hydrogen-bond acceptors (Lipinski definition) is 5. The van der Waals surface area contributed by atoms with Gasteiger partial charge < -0.3 is 19.6 Å². The lowest BCUT2D eigenvalue weighted by Crippen LogP contribution is -2.11. The molecule has 1 heterocycles. The minimum atomic E-state index is -0.242. The summed E-state index contributed by atoms with van der Waals surface area (Å²) in [6, 6.07) is 9.14. The molecule has 0 saturated carbocycles. The van der Waals surface area contributed by atoms with E-state index in [-0.39, 0.29) is 18.8 Å². The maximum absolute atomic E-state index is 12.5. The summed E-state index contributed by atoms with van der Waals surface area (Å²) in [5.41, 5.74) is 2.96. The molecular formula is C19H20N2O4. The van der Waals surface area contributed by atoms with Crippen molar-refractivity contribution in [3.8, 4) is 22.9 Å². The van der Waals surface area contributed by atoms with Gasteiger partial charge in [-0.25, -0.2) is 4.98 Å². The van der Waals surface area contributed by atoms with Crippen LogP contribution in [0.15, 0.2) is 35.1 Å². The van der Waals surface area contributed by atoms with Gasteiger partial charge in [0.05, 0.1) is 19.2 Å². The lowest BCUT2D eigenvalue weighted by Gasteiger charge is -2.13. The predicted octanol–water partition coefficient (Wildman–Crippen LogP) is 2.59. The molecule has 0 bridgehead atoms. The highest BCUT2D eigenvalue weighted by atomic mass is 16.5. The monoisotopic (exact) mass is 340 g/mol. The van der Waals surface area contributed by atoms with Crippen LogP contribution in [-0.2, 0) is 0 Å². The molecule has 130 valence electrons. The molecule has 0 aliphatic rings. The average molecular weight is 340 g/mol. The number of methoxy groups -OCH3 is 1. The number of H-pyrrole nitrogens is 1. The van der Waals surface area contributed by atoms with E-state index >= 15 is 0 Å². The van der Waals surface area contributed by atoms with E-state index in [1.807, 2.05) is 26.0 Å². The van der Waals surface area contributed by atoms with Crippen LogP contribution >= 0.6 is 0 Å². The Morgan fingerprint density at radius 3 is 2.56 bits per heavy atom. The highest BCUT2D eigenvalue weighted by Gasteiger charge is 2.13. The SMILES string of the molecule is COc1cccc2nc(-c3cc(C)c(OCCO)c(C)c3)[nH]c(=O)c12. The lowest BCUT2D eigenvalue weighted by molar-refractivity contribution is 0.200. The summed E-state index contributed by atoms with van der Waals surface area (Å²) >= 11 is 0. The van der Waals surface area contributed by atoms with Crippen molar-refractivity contribution in [2.24, 2.45) is 0 Å². The minimum absolute atomic E-state index is 0.0397. The largest absolute Gasteiger partial charge is 0.496 e. The molecule has 0 spiro atoms. The Hall–Kier alpha value is -2.86. The summed E-state index contributed by atoms with van der Waals surface area (Å²) in [5.74, 6) is 1.73.